The SMILES string of the molecule is COCC(=O)N[C@@H](Cc1ccc(OCc2ccccc2)c(OCc2ccccc2)c1)C(N)=O. The number of nitrogens with two attached hydrogens (primary N) is 1. The molecule has 0 unspecified atom stereocenters. The summed E-state index contributed by atoms with van der Waals surface area (Å²) < 4.78 is 16.9. The van der Waals surface area contributed by atoms with Gasteiger partial charge in [-0.1, -0.05) is 66.7 Å². The Balaban J connectivity index is 1.77. The first kappa shape index (κ1) is 23.8. The average molecular weight is 449 g/mol. The largest absolute Gasteiger partial charge is 0.485 e. The molecule has 7 nitrogen and oxygen atoms in total. The molecule has 0 heterocycles. The third-order valence-electron chi connectivity index (χ3n) is 4.88. The molecule has 0 aliphatic carbocycles. The fourth-order valence-electron chi connectivity index (χ4n) is 3.21. The molecule has 3 aromatic rings. The molecule has 172 valence electrons. The van der Waals surface area contributed by atoms with Gasteiger partial charge in [-0.15, -0.1) is 0 Å². The zero-order valence-corrected chi connectivity index (χ0v) is 18.5. The number of hydrogen-bond acceptors (Lipinski definition) is 5. The lowest BCUT2D eigenvalue weighted by Crippen LogP contribution is -2.47. The van der Waals surface area contributed by atoms with Crippen LogP contribution in [0.2, 0.25) is 0 Å². The smallest absolute Gasteiger partial charge is 0.246 e. The van der Waals surface area contributed by atoms with Crippen LogP contribution in [0, 0.1) is 0 Å². The van der Waals surface area contributed by atoms with Gasteiger partial charge in [-0.05, 0) is 28.8 Å². The molecule has 33 heavy (non-hydrogen) atoms. The minimum absolute atomic E-state index is 0.151. The van der Waals surface area contributed by atoms with Crippen molar-refractivity contribution in [2.75, 3.05) is 13.7 Å². The number of ether oxygens (including phenoxy) is 3. The number of rotatable bonds is 12. The Kier molecular flexibility index (Phi) is 8.85. The van der Waals surface area contributed by atoms with Gasteiger partial charge in [0.2, 0.25) is 11.8 Å². The number of carbonyl (C=O) groups excluding carboxylic acids is 2. The van der Waals surface area contributed by atoms with Gasteiger partial charge in [0.1, 0.15) is 25.9 Å². The van der Waals surface area contributed by atoms with E-state index in [9.17, 15) is 9.59 Å². The molecule has 0 radical (unpaired) electrons. The summed E-state index contributed by atoms with van der Waals surface area (Å²) in [5, 5.41) is 2.59. The van der Waals surface area contributed by atoms with Crippen LogP contribution < -0.4 is 20.5 Å². The quantitative estimate of drug-likeness (QED) is 0.444. The third-order valence-corrected chi connectivity index (χ3v) is 4.88. The first-order valence-corrected chi connectivity index (χ1v) is 10.6. The Hall–Kier alpha value is -3.84. The van der Waals surface area contributed by atoms with Gasteiger partial charge in [0.05, 0.1) is 0 Å². The summed E-state index contributed by atoms with van der Waals surface area (Å²) in [6.45, 7) is 0.593. The Labute approximate surface area is 193 Å². The van der Waals surface area contributed by atoms with Crippen LogP contribution in [0.15, 0.2) is 78.9 Å². The van der Waals surface area contributed by atoms with Gasteiger partial charge in [0.15, 0.2) is 11.5 Å². The van der Waals surface area contributed by atoms with Crippen molar-refractivity contribution >= 4 is 11.8 Å². The lowest BCUT2D eigenvalue weighted by molar-refractivity contribution is -0.129. The first-order valence-electron chi connectivity index (χ1n) is 10.6. The highest BCUT2D eigenvalue weighted by Crippen LogP contribution is 2.30. The molecular formula is C26H28N2O5. The molecule has 0 aliphatic heterocycles. The highest BCUT2D eigenvalue weighted by atomic mass is 16.5. The van der Waals surface area contributed by atoms with Crippen molar-refractivity contribution in [2.45, 2.75) is 25.7 Å². The Morgan fingerprint density at radius 3 is 1.94 bits per heavy atom. The van der Waals surface area contributed by atoms with Crippen LogP contribution in [0.4, 0.5) is 0 Å². The van der Waals surface area contributed by atoms with Crippen molar-refractivity contribution in [2.24, 2.45) is 5.73 Å². The average Bonchev–Trinajstić information content (AvgIpc) is 2.83. The molecule has 2 amide bonds. The van der Waals surface area contributed by atoms with Gasteiger partial charge in [0, 0.05) is 13.5 Å². The van der Waals surface area contributed by atoms with Crippen LogP contribution in [0.5, 0.6) is 11.5 Å². The number of carbonyl (C=O) groups is 2. The molecule has 0 spiro atoms. The van der Waals surface area contributed by atoms with E-state index in [-0.39, 0.29) is 13.0 Å². The predicted octanol–water partition coefficient (Wildman–Crippen LogP) is 3.00. The zero-order valence-electron chi connectivity index (χ0n) is 18.5. The Morgan fingerprint density at radius 2 is 1.39 bits per heavy atom. The number of methoxy groups -OCH3 is 1. The van der Waals surface area contributed by atoms with E-state index in [1.165, 1.54) is 7.11 Å². The van der Waals surface area contributed by atoms with Crippen molar-refractivity contribution in [1.29, 1.82) is 0 Å². The molecule has 0 saturated carbocycles. The van der Waals surface area contributed by atoms with E-state index in [0.717, 1.165) is 16.7 Å². The van der Waals surface area contributed by atoms with Gasteiger partial charge in [0.25, 0.3) is 0 Å². The van der Waals surface area contributed by atoms with E-state index in [2.05, 4.69) is 5.32 Å². The van der Waals surface area contributed by atoms with Gasteiger partial charge in [-0.3, -0.25) is 9.59 Å². The first-order chi connectivity index (χ1) is 16.0. The molecule has 0 fully saturated rings. The van der Waals surface area contributed by atoms with Crippen LogP contribution in [-0.4, -0.2) is 31.6 Å². The van der Waals surface area contributed by atoms with Crippen molar-refractivity contribution in [3.63, 3.8) is 0 Å². The maximum absolute atomic E-state index is 11.9. The summed E-state index contributed by atoms with van der Waals surface area (Å²) >= 11 is 0. The maximum atomic E-state index is 11.9. The summed E-state index contributed by atoms with van der Waals surface area (Å²) in [5.74, 6) is 0.0802. The topological polar surface area (TPSA) is 99.9 Å². The van der Waals surface area contributed by atoms with E-state index in [4.69, 9.17) is 19.9 Å². The normalized spacial score (nSPS) is 11.4. The molecule has 0 bridgehead atoms. The minimum atomic E-state index is -0.870. The second-order valence-electron chi connectivity index (χ2n) is 7.49. The van der Waals surface area contributed by atoms with E-state index in [1.807, 2.05) is 72.8 Å². The van der Waals surface area contributed by atoms with Crippen LogP contribution in [0.1, 0.15) is 16.7 Å². The monoisotopic (exact) mass is 448 g/mol. The van der Waals surface area contributed by atoms with Crippen LogP contribution in [0.25, 0.3) is 0 Å². The molecule has 0 saturated heterocycles. The highest BCUT2D eigenvalue weighted by Gasteiger charge is 2.19. The molecule has 1 atom stereocenters. The summed E-state index contributed by atoms with van der Waals surface area (Å²) in [7, 11) is 1.41. The van der Waals surface area contributed by atoms with E-state index in [1.54, 1.807) is 6.07 Å². The second-order valence-corrected chi connectivity index (χ2v) is 7.49. The fourth-order valence-corrected chi connectivity index (χ4v) is 3.21. The van der Waals surface area contributed by atoms with Gasteiger partial charge in [-0.2, -0.15) is 0 Å². The van der Waals surface area contributed by atoms with Crippen LogP contribution in [-0.2, 0) is 34.0 Å². The Morgan fingerprint density at radius 1 is 0.818 bits per heavy atom. The molecular weight excluding hydrogens is 420 g/mol. The number of nitrogens with one attached hydrogen (secondary N) is 1. The number of hydrogen-bond donors (Lipinski definition) is 2. The number of benzene rings is 3. The van der Waals surface area contributed by atoms with Gasteiger partial charge in [-0.25, -0.2) is 0 Å². The summed E-state index contributed by atoms with van der Waals surface area (Å²) in [6, 6.07) is 24.2. The lowest BCUT2D eigenvalue weighted by Gasteiger charge is -2.18. The fraction of sp³-hybridized carbons (Fsp3) is 0.231. The Bertz CT molecular complexity index is 1040. The predicted molar refractivity (Wildman–Crippen MR) is 125 cm³/mol. The minimum Gasteiger partial charge on any atom is -0.485 e. The molecule has 3 N–H and O–H groups in total. The maximum Gasteiger partial charge on any atom is 0.246 e. The number of amides is 2. The van der Waals surface area contributed by atoms with Gasteiger partial charge < -0.3 is 25.3 Å². The molecule has 3 rings (SSSR count). The number of primary amides is 1. The van der Waals surface area contributed by atoms with E-state index < -0.39 is 17.9 Å². The van der Waals surface area contributed by atoms with Crippen LogP contribution >= 0.6 is 0 Å². The molecule has 7 heteroatoms. The van der Waals surface area contributed by atoms with Gasteiger partial charge >= 0.3 is 0 Å². The summed E-state index contributed by atoms with van der Waals surface area (Å²) in [4.78, 5) is 23.7. The van der Waals surface area contributed by atoms with Crippen molar-refractivity contribution < 1.29 is 23.8 Å². The van der Waals surface area contributed by atoms with Crippen LogP contribution in [0.3, 0.4) is 0 Å². The van der Waals surface area contributed by atoms with E-state index >= 15 is 0 Å². The molecule has 0 aliphatic rings. The van der Waals surface area contributed by atoms with Crippen molar-refractivity contribution in [1.82, 2.24) is 5.32 Å². The van der Waals surface area contributed by atoms with Crippen molar-refractivity contribution in [3.05, 3.63) is 95.6 Å². The zero-order chi connectivity index (χ0) is 23.5. The molecule has 3 aromatic carbocycles. The molecule has 0 aromatic heterocycles. The third kappa shape index (κ3) is 7.66. The second kappa shape index (κ2) is 12.3. The summed E-state index contributed by atoms with van der Waals surface area (Å²) in [6.07, 6.45) is 0.214. The van der Waals surface area contributed by atoms with E-state index in [0.29, 0.717) is 24.7 Å². The highest BCUT2D eigenvalue weighted by molar-refractivity contribution is 5.87. The lowest BCUT2D eigenvalue weighted by atomic mass is 10.0. The summed E-state index contributed by atoms with van der Waals surface area (Å²) in [5.41, 5.74) is 8.31. The standard InChI is InChI=1S/C26H28N2O5/c1-31-18-25(29)28-22(26(27)30)14-21-12-13-23(32-16-19-8-4-2-5-9-19)24(15-21)33-17-20-10-6-3-7-11-20/h2-13,15,22H,14,16-18H2,1H3,(H2,27,30)(H,28,29)/t22-/m0/s1. The van der Waals surface area contributed by atoms with Crippen molar-refractivity contribution in [3.8, 4) is 11.5 Å².